The second kappa shape index (κ2) is 6.11. The number of nitrogens with zero attached hydrogens (tertiary/aromatic N) is 3. The van der Waals surface area contributed by atoms with Crippen molar-refractivity contribution >= 4 is 15.9 Å². The predicted octanol–water partition coefficient (Wildman–Crippen LogP) is 2.45. The molecular formula is C13H17BrN4. The SMILES string of the molecule is Cc1nn(CCNCc2cccnc2)c(C)c1Br. The molecule has 0 spiro atoms. The molecule has 1 N–H and O–H groups in total. The minimum atomic E-state index is 0.842. The van der Waals surface area contributed by atoms with Crippen LogP contribution >= 0.6 is 15.9 Å². The summed E-state index contributed by atoms with van der Waals surface area (Å²) in [5.41, 5.74) is 3.42. The molecule has 0 aromatic carbocycles. The molecule has 18 heavy (non-hydrogen) atoms. The van der Waals surface area contributed by atoms with Gasteiger partial charge in [-0.3, -0.25) is 9.67 Å². The third-order valence-corrected chi connectivity index (χ3v) is 3.99. The Morgan fingerprint density at radius 3 is 2.83 bits per heavy atom. The maximum Gasteiger partial charge on any atom is 0.0738 e. The van der Waals surface area contributed by atoms with E-state index in [0.29, 0.717) is 0 Å². The molecule has 0 atom stereocenters. The summed E-state index contributed by atoms with van der Waals surface area (Å²) in [5, 5.41) is 7.86. The molecule has 0 fully saturated rings. The van der Waals surface area contributed by atoms with Crippen LogP contribution in [-0.4, -0.2) is 21.3 Å². The molecule has 4 nitrogen and oxygen atoms in total. The van der Waals surface area contributed by atoms with Gasteiger partial charge in [-0.1, -0.05) is 6.07 Å². The van der Waals surface area contributed by atoms with Gasteiger partial charge in [-0.25, -0.2) is 0 Å². The van der Waals surface area contributed by atoms with Crippen molar-refractivity contribution in [3.8, 4) is 0 Å². The van der Waals surface area contributed by atoms with E-state index in [4.69, 9.17) is 0 Å². The van der Waals surface area contributed by atoms with Crippen molar-refractivity contribution in [2.75, 3.05) is 6.54 Å². The lowest BCUT2D eigenvalue weighted by molar-refractivity contribution is 0.542. The predicted molar refractivity (Wildman–Crippen MR) is 75.3 cm³/mol. The van der Waals surface area contributed by atoms with Crippen LogP contribution in [0.3, 0.4) is 0 Å². The highest BCUT2D eigenvalue weighted by atomic mass is 79.9. The fourth-order valence-electron chi connectivity index (χ4n) is 1.81. The van der Waals surface area contributed by atoms with Crippen LogP contribution in [0.4, 0.5) is 0 Å². The first-order valence-corrected chi connectivity index (χ1v) is 6.77. The number of hydrogen-bond donors (Lipinski definition) is 1. The van der Waals surface area contributed by atoms with Crippen LogP contribution in [0.1, 0.15) is 17.0 Å². The van der Waals surface area contributed by atoms with Crippen LogP contribution < -0.4 is 5.32 Å². The minimum Gasteiger partial charge on any atom is -0.311 e. The molecule has 0 bridgehead atoms. The van der Waals surface area contributed by atoms with Crippen LogP contribution in [0.2, 0.25) is 0 Å². The molecule has 0 saturated heterocycles. The van der Waals surface area contributed by atoms with Crippen molar-refractivity contribution in [1.82, 2.24) is 20.1 Å². The molecule has 2 rings (SSSR count). The van der Waals surface area contributed by atoms with Gasteiger partial charge in [0.25, 0.3) is 0 Å². The highest BCUT2D eigenvalue weighted by Crippen LogP contribution is 2.19. The third-order valence-electron chi connectivity index (χ3n) is 2.85. The topological polar surface area (TPSA) is 42.7 Å². The van der Waals surface area contributed by atoms with Gasteiger partial charge in [-0.15, -0.1) is 0 Å². The summed E-state index contributed by atoms with van der Waals surface area (Å²) in [5.74, 6) is 0. The third kappa shape index (κ3) is 3.17. The minimum absolute atomic E-state index is 0.842. The summed E-state index contributed by atoms with van der Waals surface area (Å²) in [6.07, 6.45) is 3.67. The fourth-order valence-corrected chi connectivity index (χ4v) is 2.10. The zero-order valence-corrected chi connectivity index (χ0v) is 12.2. The highest BCUT2D eigenvalue weighted by Gasteiger charge is 2.07. The van der Waals surface area contributed by atoms with Gasteiger partial charge in [0.15, 0.2) is 0 Å². The maximum absolute atomic E-state index is 4.47. The first-order valence-electron chi connectivity index (χ1n) is 5.97. The van der Waals surface area contributed by atoms with Gasteiger partial charge in [-0.05, 0) is 41.4 Å². The summed E-state index contributed by atoms with van der Waals surface area (Å²) in [6.45, 7) is 6.69. The van der Waals surface area contributed by atoms with Gasteiger partial charge in [0.1, 0.15) is 0 Å². The summed E-state index contributed by atoms with van der Waals surface area (Å²) < 4.78 is 3.13. The molecule has 2 heterocycles. The van der Waals surface area contributed by atoms with E-state index < -0.39 is 0 Å². The molecular weight excluding hydrogens is 292 g/mol. The van der Waals surface area contributed by atoms with E-state index in [2.05, 4.69) is 44.3 Å². The zero-order valence-electron chi connectivity index (χ0n) is 10.7. The van der Waals surface area contributed by atoms with Crippen molar-refractivity contribution in [2.45, 2.75) is 26.9 Å². The second-order valence-corrected chi connectivity index (χ2v) is 5.04. The number of aryl methyl sites for hydroxylation is 1. The quantitative estimate of drug-likeness (QED) is 0.863. The van der Waals surface area contributed by atoms with Gasteiger partial charge >= 0.3 is 0 Å². The molecule has 2 aromatic heterocycles. The number of aromatic nitrogens is 3. The highest BCUT2D eigenvalue weighted by molar-refractivity contribution is 9.10. The molecule has 0 aliphatic rings. The molecule has 0 amide bonds. The summed E-state index contributed by atoms with van der Waals surface area (Å²) in [7, 11) is 0. The zero-order chi connectivity index (χ0) is 13.0. The Kier molecular flexibility index (Phi) is 4.49. The molecule has 96 valence electrons. The van der Waals surface area contributed by atoms with Crippen LogP contribution in [0.25, 0.3) is 0 Å². The van der Waals surface area contributed by atoms with Gasteiger partial charge in [-0.2, -0.15) is 5.10 Å². The Hall–Kier alpha value is -1.20. The Balaban J connectivity index is 1.80. The lowest BCUT2D eigenvalue weighted by Crippen LogP contribution is -2.20. The van der Waals surface area contributed by atoms with Gasteiger partial charge in [0, 0.05) is 31.2 Å². The van der Waals surface area contributed by atoms with E-state index in [9.17, 15) is 0 Å². The van der Waals surface area contributed by atoms with Gasteiger partial charge in [0.2, 0.25) is 0 Å². The first-order chi connectivity index (χ1) is 8.68. The van der Waals surface area contributed by atoms with Crippen molar-refractivity contribution in [2.24, 2.45) is 0 Å². The number of halogens is 1. The molecule has 0 radical (unpaired) electrons. The fraction of sp³-hybridized carbons (Fsp3) is 0.385. The lowest BCUT2D eigenvalue weighted by Gasteiger charge is -2.06. The average Bonchev–Trinajstić information content (AvgIpc) is 2.64. The maximum atomic E-state index is 4.47. The second-order valence-electron chi connectivity index (χ2n) is 4.25. The number of nitrogens with one attached hydrogen (secondary N) is 1. The van der Waals surface area contributed by atoms with Crippen LogP contribution in [0, 0.1) is 13.8 Å². The van der Waals surface area contributed by atoms with Gasteiger partial charge in [0.05, 0.1) is 16.7 Å². The number of rotatable bonds is 5. The lowest BCUT2D eigenvalue weighted by atomic mass is 10.3. The molecule has 5 heteroatoms. The normalized spacial score (nSPS) is 10.8. The summed E-state index contributed by atoms with van der Waals surface area (Å²) in [6, 6.07) is 4.02. The number of pyridine rings is 1. The average molecular weight is 309 g/mol. The van der Waals surface area contributed by atoms with Crippen LogP contribution in [0.5, 0.6) is 0 Å². The summed E-state index contributed by atoms with van der Waals surface area (Å²) in [4.78, 5) is 4.09. The Labute approximate surface area is 116 Å². The van der Waals surface area contributed by atoms with Crippen molar-refractivity contribution < 1.29 is 0 Å². The Morgan fingerprint density at radius 1 is 1.39 bits per heavy atom. The first kappa shape index (κ1) is 13.2. The molecule has 0 saturated carbocycles. The molecule has 0 aliphatic carbocycles. The summed E-state index contributed by atoms with van der Waals surface area (Å²) >= 11 is 3.53. The van der Waals surface area contributed by atoms with E-state index in [0.717, 1.165) is 29.8 Å². The van der Waals surface area contributed by atoms with Crippen molar-refractivity contribution in [1.29, 1.82) is 0 Å². The van der Waals surface area contributed by atoms with Crippen molar-refractivity contribution in [3.05, 3.63) is 46.0 Å². The van der Waals surface area contributed by atoms with E-state index in [1.54, 1.807) is 6.20 Å². The smallest absolute Gasteiger partial charge is 0.0738 e. The Bertz CT molecular complexity index is 507. The molecule has 0 unspecified atom stereocenters. The van der Waals surface area contributed by atoms with Crippen LogP contribution in [-0.2, 0) is 13.1 Å². The standard InChI is InChI=1S/C13H17BrN4/c1-10-13(14)11(2)18(17-10)7-6-16-9-12-4-3-5-15-8-12/h3-5,8,16H,6-7,9H2,1-2H3. The number of hydrogen-bond acceptors (Lipinski definition) is 3. The molecule has 2 aromatic rings. The molecule has 0 aliphatic heterocycles. The largest absolute Gasteiger partial charge is 0.311 e. The monoisotopic (exact) mass is 308 g/mol. The van der Waals surface area contributed by atoms with E-state index in [1.165, 1.54) is 11.3 Å². The van der Waals surface area contributed by atoms with E-state index in [1.807, 2.05) is 23.9 Å². The van der Waals surface area contributed by atoms with E-state index in [-0.39, 0.29) is 0 Å². The van der Waals surface area contributed by atoms with Crippen molar-refractivity contribution in [3.63, 3.8) is 0 Å². The van der Waals surface area contributed by atoms with Crippen LogP contribution in [0.15, 0.2) is 29.0 Å². The van der Waals surface area contributed by atoms with E-state index >= 15 is 0 Å². The Morgan fingerprint density at radius 2 is 2.22 bits per heavy atom. The van der Waals surface area contributed by atoms with Gasteiger partial charge < -0.3 is 5.32 Å².